The molecule has 31 heavy (non-hydrogen) atoms. The van der Waals surface area contributed by atoms with E-state index in [2.05, 4.69) is 20.4 Å². The Morgan fingerprint density at radius 3 is 2.87 bits per heavy atom. The van der Waals surface area contributed by atoms with Gasteiger partial charge < -0.3 is 14.7 Å². The van der Waals surface area contributed by atoms with Gasteiger partial charge in [-0.3, -0.25) is 9.78 Å². The maximum atomic E-state index is 13.3. The van der Waals surface area contributed by atoms with Gasteiger partial charge in [0, 0.05) is 29.7 Å². The highest BCUT2D eigenvalue weighted by Gasteiger charge is 2.31. The predicted molar refractivity (Wildman–Crippen MR) is 119 cm³/mol. The van der Waals surface area contributed by atoms with Crippen LogP contribution in [0.5, 0.6) is 0 Å². The molecule has 8 heteroatoms. The Kier molecular flexibility index (Phi) is 5.03. The van der Waals surface area contributed by atoms with E-state index in [1.807, 2.05) is 41.3 Å². The fourth-order valence-electron chi connectivity index (χ4n) is 3.90. The number of aryl methyl sites for hydroxylation is 1. The molecule has 2 aromatic carbocycles. The van der Waals surface area contributed by atoms with Crippen molar-refractivity contribution in [2.45, 2.75) is 19.4 Å². The van der Waals surface area contributed by atoms with Gasteiger partial charge in [-0.05, 0) is 31.5 Å². The van der Waals surface area contributed by atoms with Gasteiger partial charge in [0.15, 0.2) is 0 Å². The minimum Gasteiger partial charge on any atom is -0.364 e. The van der Waals surface area contributed by atoms with Crippen molar-refractivity contribution in [3.8, 4) is 11.3 Å². The molecule has 0 aliphatic carbocycles. The number of halogens is 1. The van der Waals surface area contributed by atoms with Crippen molar-refractivity contribution in [3.63, 3.8) is 0 Å². The first-order valence-electron chi connectivity index (χ1n) is 10.1. The molecule has 0 saturated carbocycles. The molecule has 2 aromatic heterocycles. The van der Waals surface area contributed by atoms with Gasteiger partial charge in [0.25, 0.3) is 5.91 Å². The van der Waals surface area contributed by atoms with Crippen molar-refractivity contribution < 1.29 is 9.32 Å². The number of amides is 1. The molecular formula is C23H20ClN5O2. The number of carbonyl (C=O) groups excluding carboxylic acids is 1. The number of fused-ring (bicyclic) bond motifs is 1. The van der Waals surface area contributed by atoms with Crippen molar-refractivity contribution in [1.29, 1.82) is 0 Å². The number of rotatable bonds is 4. The standard InChI is InChI=1S/C23H20ClN5O2/c1-14-21(22(28-31-14)15-5-3-2-4-6-15)23(30)29-10-9-17(13-29)26-20-12-25-18-8-7-16(24)11-19(18)27-20/h2-8,11-12,17H,9-10,13H2,1H3,(H,26,27)/t17-/m1/s1. The number of carbonyl (C=O) groups is 1. The molecular weight excluding hydrogens is 414 g/mol. The van der Waals surface area contributed by atoms with Crippen LogP contribution < -0.4 is 5.32 Å². The van der Waals surface area contributed by atoms with Crippen LogP contribution in [-0.2, 0) is 0 Å². The van der Waals surface area contributed by atoms with Crippen LogP contribution in [0.25, 0.3) is 22.3 Å². The molecule has 7 nitrogen and oxygen atoms in total. The highest BCUT2D eigenvalue weighted by atomic mass is 35.5. The van der Waals surface area contributed by atoms with E-state index < -0.39 is 0 Å². The zero-order chi connectivity index (χ0) is 21.4. The van der Waals surface area contributed by atoms with E-state index in [1.54, 1.807) is 25.3 Å². The molecule has 1 N–H and O–H groups in total. The van der Waals surface area contributed by atoms with Crippen LogP contribution in [0.1, 0.15) is 22.5 Å². The summed E-state index contributed by atoms with van der Waals surface area (Å²) in [6, 6.07) is 15.1. The molecule has 5 rings (SSSR count). The number of benzene rings is 2. The number of hydrogen-bond acceptors (Lipinski definition) is 6. The molecule has 1 aliphatic rings. The van der Waals surface area contributed by atoms with Crippen LogP contribution in [0, 0.1) is 6.92 Å². The van der Waals surface area contributed by atoms with Gasteiger partial charge >= 0.3 is 0 Å². The molecule has 0 radical (unpaired) electrons. The molecule has 1 aliphatic heterocycles. The maximum absolute atomic E-state index is 13.3. The van der Waals surface area contributed by atoms with Crippen molar-refractivity contribution in [2.24, 2.45) is 0 Å². The fourth-order valence-corrected chi connectivity index (χ4v) is 4.07. The highest BCUT2D eigenvalue weighted by Crippen LogP contribution is 2.28. The van der Waals surface area contributed by atoms with Crippen LogP contribution in [-0.4, -0.2) is 45.1 Å². The molecule has 0 spiro atoms. The predicted octanol–water partition coefficient (Wildman–Crippen LogP) is 4.57. The third-order valence-electron chi connectivity index (χ3n) is 5.46. The SMILES string of the molecule is Cc1onc(-c2ccccc2)c1C(=O)N1CC[C@@H](Nc2cnc3ccc(Cl)cc3n2)C1. The molecule has 0 unspecified atom stereocenters. The van der Waals surface area contributed by atoms with Crippen LogP contribution in [0.2, 0.25) is 5.02 Å². The number of nitrogens with one attached hydrogen (secondary N) is 1. The van der Waals surface area contributed by atoms with Crippen LogP contribution in [0.3, 0.4) is 0 Å². The molecule has 0 bridgehead atoms. The van der Waals surface area contributed by atoms with Crippen molar-refractivity contribution in [1.82, 2.24) is 20.0 Å². The number of hydrogen-bond donors (Lipinski definition) is 1. The second kappa shape index (κ2) is 8.00. The van der Waals surface area contributed by atoms with Gasteiger partial charge in [0.05, 0.1) is 17.2 Å². The lowest BCUT2D eigenvalue weighted by Gasteiger charge is -2.17. The van der Waals surface area contributed by atoms with E-state index in [-0.39, 0.29) is 11.9 Å². The van der Waals surface area contributed by atoms with E-state index in [1.165, 1.54) is 0 Å². The lowest BCUT2D eigenvalue weighted by Crippen LogP contribution is -2.32. The Labute approximate surface area is 184 Å². The van der Waals surface area contributed by atoms with E-state index in [0.717, 1.165) is 23.0 Å². The average molecular weight is 434 g/mol. The number of aromatic nitrogens is 3. The van der Waals surface area contributed by atoms with Crippen molar-refractivity contribution in [2.75, 3.05) is 18.4 Å². The average Bonchev–Trinajstić information content (AvgIpc) is 3.40. The van der Waals surface area contributed by atoms with Crippen molar-refractivity contribution in [3.05, 3.63) is 71.1 Å². The summed E-state index contributed by atoms with van der Waals surface area (Å²) < 4.78 is 5.36. The zero-order valence-electron chi connectivity index (χ0n) is 16.9. The topological polar surface area (TPSA) is 84.2 Å². The van der Waals surface area contributed by atoms with Gasteiger partial charge in [-0.2, -0.15) is 0 Å². The lowest BCUT2D eigenvalue weighted by molar-refractivity contribution is 0.0790. The normalized spacial score (nSPS) is 16.1. The van der Waals surface area contributed by atoms with Gasteiger partial charge in [0.2, 0.25) is 0 Å². The summed E-state index contributed by atoms with van der Waals surface area (Å²) in [6.07, 6.45) is 2.52. The zero-order valence-corrected chi connectivity index (χ0v) is 17.6. The first-order valence-corrected chi connectivity index (χ1v) is 10.5. The van der Waals surface area contributed by atoms with Crippen LogP contribution in [0.4, 0.5) is 5.82 Å². The monoisotopic (exact) mass is 433 g/mol. The maximum Gasteiger partial charge on any atom is 0.259 e. The fraction of sp³-hybridized carbons (Fsp3) is 0.217. The van der Waals surface area contributed by atoms with Gasteiger partial charge in [-0.1, -0.05) is 47.1 Å². The minimum absolute atomic E-state index is 0.0710. The molecule has 3 heterocycles. The summed E-state index contributed by atoms with van der Waals surface area (Å²) in [7, 11) is 0. The Morgan fingerprint density at radius 1 is 1.19 bits per heavy atom. The minimum atomic E-state index is -0.0710. The Bertz CT molecular complexity index is 1260. The third kappa shape index (κ3) is 3.84. The lowest BCUT2D eigenvalue weighted by atomic mass is 10.1. The molecule has 1 amide bonds. The van der Waals surface area contributed by atoms with E-state index in [4.69, 9.17) is 16.1 Å². The number of likely N-dealkylation sites (tertiary alicyclic amines) is 1. The van der Waals surface area contributed by atoms with Gasteiger partial charge in [0.1, 0.15) is 22.8 Å². The molecule has 1 atom stereocenters. The first kappa shape index (κ1) is 19.5. The summed E-state index contributed by atoms with van der Waals surface area (Å²) in [4.78, 5) is 24.1. The Balaban J connectivity index is 1.32. The largest absolute Gasteiger partial charge is 0.364 e. The van der Waals surface area contributed by atoms with Gasteiger partial charge in [-0.25, -0.2) is 4.98 Å². The summed E-state index contributed by atoms with van der Waals surface area (Å²) >= 11 is 6.07. The highest BCUT2D eigenvalue weighted by molar-refractivity contribution is 6.31. The third-order valence-corrected chi connectivity index (χ3v) is 5.69. The van der Waals surface area contributed by atoms with Crippen molar-refractivity contribution >= 4 is 34.4 Å². The van der Waals surface area contributed by atoms with E-state index in [9.17, 15) is 4.79 Å². The first-order chi connectivity index (χ1) is 15.1. The Hall–Kier alpha value is -3.45. The number of nitrogens with zero attached hydrogens (tertiary/aromatic N) is 4. The van der Waals surface area contributed by atoms with Crippen LogP contribution >= 0.6 is 11.6 Å². The van der Waals surface area contributed by atoms with Gasteiger partial charge in [-0.15, -0.1) is 0 Å². The smallest absolute Gasteiger partial charge is 0.259 e. The summed E-state index contributed by atoms with van der Waals surface area (Å²) in [5.74, 6) is 1.12. The Morgan fingerprint density at radius 2 is 2.03 bits per heavy atom. The quantitative estimate of drug-likeness (QED) is 0.507. The number of anilines is 1. The van der Waals surface area contributed by atoms with E-state index >= 15 is 0 Å². The molecule has 156 valence electrons. The summed E-state index contributed by atoms with van der Waals surface area (Å²) in [5, 5.41) is 8.15. The molecule has 1 saturated heterocycles. The van der Waals surface area contributed by atoms with Crippen LogP contribution in [0.15, 0.2) is 59.3 Å². The molecule has 1 fully saturated rings. The second-order valence-electron chi connectivity index (χ2n) is 7.60. The summed E-state index contributed by atoms with van der Waals surface area (Å²) in [5.41, 5.74) is 3.48. The summed E-state index contributed by atoms with van der Waals surface area (Å²) in [6.45, 7) is 2.98. The van der Waals surface area contributed by atoms with E-state index in [0.29, 0.717) is 40.9 Å². The molecule has 4 aromatic rings. The second-order valence-corrected chi connectivity index (χ2v) is 8.03.